The first-order valence-electron chi connectivity index (χ1n) is 9.57. The lowest BCUT2D eigenvalue weighted by atomic mass is 9.78. The Kier molecular flexibility index (Phi) is 5.89. The van der Waals surface area contributed by atoms with Gasteiger partial charge in [0.25, 0.3) is 0 Å². The van der Waals surface area contributed by atoms with Crippen LogP contribution in [0, 0.1) is 12.8 Å². The number of esters is 1. The van der Waals surface area contributed by atoms with Crippen molar-refractivity contribution in [3.63, 3.8) is 0 Å². The summed E-state index contributed by atoms with van der Waals surface area (Å²) in [7, 11) is 0. The molecule has 1 aliphatic carbocycles. The first kappa shape index (κ1) is 18.1. The molecule has 0 spiro atoms. The van der Waals surface area contributed by atoms with Gasteiger partial charge in [-0.1, -0.05) is 12.8 Å². The maximum absolute atomic E-state index is 12.0. The van der Waals surface area contributed by atoms with Gasteiger partial charge in [0, 0.05) is 24.7 Å². The number of anilines is 1. The molecular formula is C19H29N3O3. The molecule has 0 aromatic carbocycles. The van der Waals surface area contributed by atoms with Crippen molar-refractivity contribution in [2.75, 3.05) is 18.1 Å². The highest BCUT2D eigenvalue weighted by Gasteiger charge is 2.36. The summed E-state index contributed by atoms with van der Waals surface area (Å²) in [6, 6.07) is 0.289. The average Bonchev–Trinajstić information content (AvgIpc) is 2.62. The largest absolute Gasteiger partial charge is 0.462 e. The lowest BCUT2D eigenvalue weighted by Crippen LogP contribution is -2.49. The molecule has 1 aliphatic heterocycles. The Balaban J connectivity index is 1.82. The molecule has 138 valence electrons. The van der Waals surface area contributed by atoms with Gasteiger partial charge in [0.1, 0.15) is 0 Å². The Hall–Kier alpha value is -1.69. The molecule has 0 unspecified atom stereocenters. The summed E-state index contributed by atoms with van der Waals surface area (Å²) in [4.78, 5) is 23.3. The van der Waals surface area contributed by atoms with E-state index in [-0.39, 0.29) is 18.1 Å². The molecule has 1 N–H and O–H groups in total. The highest BCUT2D eigenvalue weighted by atomic mass is 16.5. The standard InChI is InChI=1S/C19H29N3O3/c1-3-25-18(24)15-12-20-19(21-13(15)2)22-11-7-6-9-16(22)14-8-4-5-10-17(14)23/h12,14,16-17,23H,3-11H2,1-2H3/t14-,16+,17-/m0/s1. The summed E-state index contributed by atoms with van der Waals surface area (Å²) in [5.41, 5.74) is 1.08. The van der Waals surface area contributed by atoms with Crippen LogP contribution in [0.4, 0.5) is 5.95 Å². The predicted octanol–water partition coefficient (Wildman–Crippen LogP) is 2.87. The molecule has 1 aromatic heterocycles. The fourth-order valence-electron chi connectivity index (χ4n) is 4.24. The van der Waals surface area contributed by atoms with Gasteiger partial charge in [0.05, 0.1) is 24.0 Å². The molecule has 2 fully saturated rings. The van der Waals surface area contributed by atoms with Crippen molar-refractivity contribution in [2.45, 2.75) is 70.9 Å². The molecule has 6 nitrogen and oxygen atoms in total. The third-order valence-electron chi connectivity index (χ3n) is 5.54. The van der Waals surface area contributed by atoms with Crippen molar-refractivity contribution in [1.29, 1.82) is 0 Å². The van der Waals surface area contributed by atoms with Crippen LogP contribution in [-0.2, 0) is 4.74 Å². The van der Waals surface area contributed by atoms with Gasteiger partial charge in [-0.2, -0.15) is 0 Å². The van der Waals surface area contributed by atoms with Crippen molar-refractivity contribution < 1.29 is 14.6 Å². The van der Waals surface area contributed by atoms with Crippen LogP contribution in [0.15, 0.2) is 6.20 Å². The van der Waals surface area contributed by atoms with Crippen LogP contribution >= 0.6 is 0 Å². The first-order valence-corrected chi connectivity index (χ1v) is 9.57. The number of aryl methyl sites for hydroxylation is 1. The number of rotatable bonds is 4. The fraction of sp³-hybridized carbons (Fsp3) is 0.737. The first-order chi connectivity index (χ1) is 12.1. The number of aliphatic hydroxyl groups is 1. The van der Waals surface area contributed by atoms with Gasteiger partial charge in [0.15, 0.2) is 0 Å². The number of hydrogen-bond acceptors (Lipinski definition) is 6. The second-order valence-corrected chi connectivity index (χ2v) is 7.16. The molecule has 0 radical (unpaired) electrons. The van der Waals surface area contributed by atoms with Crippen LogP contribution in [0.25, 0.3) is 0 Å². The smallest absolute Gasteiger partial charge is 0.341 e. The number of carbonyl (C=O) groups is 1. The van der Waals surface area contributed by atoms with Crippen molar-refractivity contribution in [1.82, 2.24) is 9.97 Å². The lowest BCUT2D eigenvalue weighted by molar-refractivity contribution is 0.0490. The molecule has 1 saturated carbocycles. The molecular weight excluding hydrogens is 318 g/mol. The van der Waals surface area contributed by atoms with E-state index in [1.165, 1.54) is 12.8 Å². The van der Waals surface area contributed by atoms with Gasteiger partial charge >= 0.3 is 5.97 Å². The average molecular weight is 347 g/mol. The van der Waals surface area contributed by atoms with Crippen molar-refractivity contribution in [2.24, 2.45) is 5.92 Å². The van der Waals surface area contributed by atoms with E-state index in [1.54, 1.807) is 13.1 Å². The van der Waals surface area contributed by atoms with Crippen molar-refractivity contribution >= 4 is 11.9 Å². The summed E-state index contributed by atoms with van der Waals surface area (Å²) in [6.45, 7) is 4.86. The maximum Gasteiger partial charge on any atom is 0.341 e. The second kappa shape index (κ2) is 8.13. The SMILES string of the molecule is CCOC(=O)c1cnc(N2CCCC[C@@H]2[C@@H]2CCCC[C@@H]2O)nc1C. The van der Waals surface area contributed by atoms with E-state index >= 15 is 0 Å². The number of hydrogen-bond donors (Lipinski definition) is 1. The normalized spacial score (nSPS) is 27.2. The van der Waals surface area contributed by atoms with Crippen LogP contribution in [0.1, 0.15) is 67.9 Å². The lowest BCUT2D eigenvalue weighted by Gasteiger charge is -2.43. The number of nitrogens with zero attached hydrogens (tertiary/aromatic N) is 3. The van der Waals surface area contributed by atoms with Gasteiger partial charge in [-0.25, -0.2) is 14.8 Å². The van der Waals surface area contributed by atoms with Crippen LogP contribution in [0.3, 0.4) is 0 Å². The topological polar surface area (TPSA) is 75.5 Å². The molecule has 0 bridgehead atoms. The monoisotopic (exact) mass is 347 g/mol. The van der Waals surface area contributed by atoms with Gasteiger partial charge < -0.3 is 14.7 Å². The van der Waals surface area contributed by atoms with Crippen LogP contribution in [0.2, 0.25) is 0 Å². The molecule has 1 aromatic rings. The molecule has 3 atom stereocenters. The van der Waals surface area contributed by atoms with Crippen LogP contribution in [0.5, 0.6) is 0 Å². The summed E-state index contributed by atoms with van der Waals surface area (Å²) in [5.74, 6) is 0.597. The molecule has 3 rings (SSSR count). The quantitative estimate of drug-likeness (QED) is 0.844. The van der Waals surface area contributed by atoms with Gasteiger partial charge in [-0.05, 0) is 46.0 Å². The number of aromatic nitrogens is 2. The van der Waals surface area contributed by atoms with E-state index in [9.17, 15) is 9.90 Å². The summed E-state index contributed by atoms with van der Waals surface area (Å²) in [6.07, 6.45) is 9.01. The summed E-state index contributed by atoms with van der Waals surface area (Å²) in [5, 5.41) is 10.5. The number of carbonyl (C=O) groups excluding carboxylic acids is 1. The Morgan fingerprint density at radius 1 is 1.28 bits per heavy atom. The van der Waals surface area contributed by atoms with Gasteiger partial charge in [-0.3, -0.25) is 0 Å². The molecule has 1 saturated heterocycles. The third kappa shape index (κ3) is 3.94. The fourth-order valence-corrected chi connectivity index (χ4v) is 4.24. The van der Waals surface area contributed by atoms with E-state index < -0.39 is 0 Å². The van der Waals surface area contributed by atoms with Crippen LogP contribution < -0.4 is 4.90 Å². The van der Waals surface area contributed by atoms with E-state index in [1.807, 2.05) is 6.92 Å². The third-order valence-corrected chi connectivity index (χ3v) is 5.54. The van der Waals surface area contributed by atoms with E-state index in [4.69, 9.17) is 4.74 Å². The highest BCUT2D eigenvalue weighted by Crippen LogP contribution is 2.35. The second-order valence-electron chi connectivity index (χ2n) is 7.16. The Morgan fingerprint density at radius 2 is 2.04 bits per heavy atom. The minimum absolute atomic E-state index is 0.223. The molecule has 2 heterocycles. The van der Waals surface area contributed by atoms with E-state index in [0.29, 0.717) is 29.7 Å². The molecule has 0 amide bonds. The minimum Gasteiger partial charge on any atom is -0.462 e. The summed E-state index contributed by atoms with van der Waals surface area (Å²) >= 11 is 0. The van der Waals surface area contributed by atoms with Gasteiger partial charge in [-0.15, -0.1) is 0 Å². The predicted molar refractivity (Wildman–Crippen MR) is 95.7 cm³/mol. The Morgan fingerprint density at radius 3 is 2.76 bits per heavy atom. The zero-order chi connectivity index (χ0) is 17.8. The zero-order valence-electron chi connectivity index (χ0n) is 15.3. The number of ether oxygens (including phenoxy) is 1. The minimum atomic E-state index is -0.371. The summed E-state index contributed by atoms with van der Waals surface area (Å²) < 4.78 is 5.06. The van der Waals surface area contributed by atoms with Crippen molar-refractivity contribution in [3.05, 3.63) is 17.5 Å². The van der Waals surface area contributed by atoms with Gasteiger partial charge in [0.2, 0.25) is 5.95 Å². The van der Waals surface area contributed by atoms with E-state index in [0.717, 1.165) is 38.6 Å². The Bertz CT molecular complexity index is 608. The molecule has 25 heavy (non-hydrogen) atoms. The molecule has 6 heteroatoms. The Labute approximate surface area is 149 Å². The van der Waals surface area contributed by atoms with Crippen LogP contribution in [-0.4, -0.2) is 46.3 Å². The van der Waals surface area contributed by atoms with E-state index in [2.05, 4.69) is 14.9 Å². The number of piperidine rings is 1. The van der Waals surface area contributed by atoms with Crippen molar-refractivity contribution in [3.8, 4) is 0 Å². The highest BCUT2D eigenvalue weighted by molar-refractivity contribution is 5.90. The zero-order valence-corrected chi connectivity index (χ0v) is 15.3. The molecule has 2 aliphatic rings. The maximum atomic E-state index is 12.0. The number of aliphatic hydroxyl groups excluding tert-OH is 1.